The second-order valence-electron chi connectivity index (χ2n) is 3.56. The van der Waals surface area contributed by atoms with Crippen LogP contribution < -0.4 is 11.1 Å². The van der Waals surface area contributed by atoms with Gasteiger partial charge < -0.3 is 11.1 Å². The quantitative estimate of drug-likeness (QED) is 0.644. The predicted octanol–water partition coefficient (Wildman–Crippen LogP) is 1.41. The summed E-state index contributed by atoms with van der Waals surface area (Å²) in [7, 11) is 0. The second-order valence-corrected chi connectivity index (χ2v) is 3.56. The van der Waals surface area contributed by atoms with E-state index in [1.165, 1.54) is 18.5 Å². The number of hydrogen-bond donors (Lipinski definition) is 2. The number of aliphatic imine (C=N–C) groups is 1. The zero-order valence-electron chi connectivity index (χ0n) is 8.51. The molecule has 0 fully saturated rings. The molecule has 1 heterocycles. The van der Waals surface area contributed by atoms with Crippen LogP contribution in [0.1, 0.15) is 33.1 Å². The normalized spacial score (nSPS) is 22.2. The fraction of sp³-hybridized carbons (Fsp3) is 0.700. The lowest BCUT2D eigenvalue weighted by molar-refractivity contribution is 0.636. The van der Waals surface area contributed by atoms with E-state index in [4.69, 9.17) is 5.73 Å². The van der Waals surface area contributed by atoms with E-state index in [9.17, 15) is 0 Å². The minimum atomic E-state index is 0.328. The topological polar surface area (TPSA) is 50.4 Å². The van der Waals surface area contributed by atoms with Crippen LogP contribution >= 0.6 is 0 Å². The van der Waals surface area contributed by atoms with Crippen molar-refractivity contribution >= 4 is 5.84 Å². The third-order valence-electron chi connectivity index (χ3n) is 2.09. The van der Waals surface area contributed by atoms with Crippen molar-refractivity contribution < 1.29 is 0 Å². The molecule has 74 valence electrons. The molecule has 0 aromatic rings. The van der Waals surface area contributed by atoms with Crippen molar-refractivity contribution in [3.8, 4) is 0 Å². The van der Waals surface area contributed by atoms with Crippen LogP contribution in [-0.4, -0.2) is 18.4 Å². The molecule has 3 heteroatoms. The number of nitrogens with zero attached hydrogens (tertiary/aromatic N) is 1. The molecule has 1 atom stereocenters. The summed E-state index contributed by atoms with van der Waals surface area (Å²) < 4.78 is 0. The van der Waals surface area contributed by atoms with Crippen LogP contribution in [-0.2, 0) is 0 Å². The van der Waals surface area contributed by atoms with Gasteiger partial charge in [0.05, 0.1) is 6.04 Å². The number of dihydropyridines is 1. The van der Waals surface area contributed by atoms with Gasteiger partial charge in [-0.1, -0.05) is 13.3 Å². The molecule has 3 N–H and O–H groups in total. The Morgan fingerprint density at radius 1 is 1.69 bits per heavy atom. The van der Waals surface area contributed by atoms with Gasteiger partial charge in [-0.15, -0.1) is 0 Å². The lowest BCUT2D eigenvalue weighted by atomic mass is 10.1. The van der Waals surface area contributed by atoms with E-state index in [2.05, 4.69) is 24.2 Å². The molecule has 13 heavy (non-hydrogen) atoms. The van der Waals surface area contributed by atoms with Gasteiger partial charge in [-0.2, -0.15) is 0 Å². The second kappa shape index (κ2) is 4.90. The van der Waals surface area contributed by atoms with Gasteiger partial charge in [0.15, 0.2) is 0 Å². The first kappa shape index (κ1) is 10.1. The van der Waals surface area contributed by atoms with E-state index in [1.54, 1.807) is 0 Å². The van der Waals surface area contributed by atoms with Gasteiger partial charge in [0.2, 0.25) is 0 Å². The smallest absolute Gasteiger partial charge is 0.120 e. The SMILES string of the molecule is CCCCNC1=CC(N)=NC(C)C1. The molecule has 0 spiro atoms. The molecule has 0 radical (unpaired) electrons. The predicted molar refractivity (Wildman–Crippen MR) is 56.7 cm³/mol. The third kappa shape index (κ3) is 3.49. The van der Waals surface area contributed by atoms with Crippen molar-refractivity contribution in [3.05, 3.63) is 11.8 Å². The highest BCUT2D eigenvalue weighted by Crippen LogP contribution is 2.10. The molecule has 0 saturated heterocycles. The molecule has 1 aliphatic heterocycles. The van der Waals surface area contributed by atoms with Crippen molar-refractivity contribution in [1.29, 1.82) is 0 Å². The lowest BCUT2D eigenvalue weighted by Gasteiger charge is -2.17. The van der Waals surface area contributed by atoms with Crippen LogP contribution in [0.3, 0.4) is 0 Å². The van der Waals surface area contributed by atoms with Crippen molar-refractivity contribution in [2.45, 2.75) is 39.2 Å². The van der Waals surface area contributed by atoms with E-state index >= 15 is 0 Å². The van der Waals surface area contributed by atoms with Crippen LogP contribution in [0, 0.1) is 0 Å². The molecule has 0 saturated carbocycles. The minimum Gasteiger partial charge on any atom is -0.388 e. The van der Waals surface area contributed by atoms with Crippen LogP contribution in [0.4, 0.5) is 0 Å². The van der Waals surface area contributed by atoms with E-state index in [0.29, 0.717) is 11.9 Å². The molecule has 0 bridgehead atoms. The number of nitrogens with two attached hydrogens (primary N) is 1. The molecule has 1 rings (SSSR count). The zero-order valence-corrected chi connectivity index (χ0v) is 8.51. The molecule has 3 nitrogen and oxygen atoms in total. The van der Waals surface area contributed by atoms with Gasteiger partial charge in [-0.3, -0.25) is 4.99 Å². The summed E-state index contributed by atoms with van der Waals surface area (Å²) in [6.45, 7) is 5.32. The van der Waals surface area contributed by atoms with Gasteiger partial charge in [0.25, 0.3) is 0 Å². The molecule has 0 amide bonds. The Balaban J connectivity index is 2.37. The summed E-state index contributed by atoms with van der Waals surface area (Å²) in [5, 5.41) is 3.38. The summed E-state index contributed by atoms with van der Waals surface area (Å²) in [4.78, 5) is 4.24. The number of unbranched alkanes of at least 4 members (excludes halogenated alkanes) is 1. The van der Waals surface area contributed by atoms with Gasteiger partial charge in [0.1, 0.15) is 5.84 Å². The molecule has 0 aliphatic carbocycles. The highest BCUT2D eigenvalue weighted by molar-refractivity contribution is 5.92. The Labute approximate surface area is 80.1 Å². The summed E-state index contributed by atoms with van der Waals surface area (Å²) in [5.74, 6) is 0.651. The maximum Gasteiger partial charge on any atom is 0.120 e. The largest absolute Gasteiger partial charge is 0.388 e. The molecule has 0 aromatic heterocycles. The summed E-state index contributed by atoms with van der Waals surface area (Å²) >= 11 is 0. The lowest BCUT2D eigenvalue weighted by Crippen LogP contribution is -2.25. The van der Waals surface area contributed by atoms with Crippen molar-refractivity contribution in [1.82, 2.24) is 5.32 Å². The zero-order chi connectivity index (χ0) is 9.68. The maximum atomic E-state index is 5.65. The summed E-state index contributed by atoms with van der Waals surface area (Å²) in [5.41, 5.74) is 6.88. The average molecular weight is 181 g/mol. The van der Waals surface area contributed by atoms with Crippen LogP contribution in [0.5, 0.6) is 0 Å². The first-order chi connectivity index (χ1) is 6.22. The molecule has 1 aliphatic rings. The highest BCUT2D eigenvalue weighted by atomic mass is 14.9. The first-order valence-electron chi connectivity index (χ1n) is 5.00. The Morgan fingerprint density at radius 3 is 3.08 bits per heavy atom. The van der Waals surface area contributed by atoms with E-state index in [0.717, 1.165) is 13.0 Å². The van der Waals surface area contributed by atoms with Gasteiger partial charge in [0, 0.05) is 18.7 Å². The van der Waals surface area contributed by atoms with Crippen molar-refractivity contribution in [2.75, 3.05) is 6.54 Å². The number of amidine groups is 1. The number of nitrogens with one attached hydrogen (secondary N) is 1. The third-order valence-corrected chi connectivity index (χ3v) is 2.09. The van der Waals surface area contributed by atoms with E-state index in [1.807, 2.05) is 6.08 Å². The number of hydrogen-bond acceptors (Lipinski definition) is 3. The van der Waals surface area contributed by atoms with Crippen LogP contribution in [0.25, 0.3) is 0 Å². The molecular formula is C10H19N3. The van der Waals surface area contributed by atoms with Crippen molar-refractivity contribution in [2.24, 2.45) is 10.7 Å². The average Bonchev–Trinajstić information content (AvgIpc) is 2.03. The van der Waals surface area contributed by atoms with E-state index in [-0.39, 0.29) is 0 Å². The maximum absolute atomic E-state index is 5.65. The van der Waals surface area contributed by atoms with Gasteiger partial charge >= 0.3 is 0 Å². The molecule has 0 aromatic carbocycles. The summed E-state index contributed by atoms with van der Waals surface area (Å²) in [6, 6.07) is 0.328. The molecule has 1 unspecified atom stereocenters. The summed E-state index contributed by atoms with van der Waals surface area (Å²) in [6.07, 6.45) is 5.36. The Bertz CT molecular complexity index is 218. The van der Waals surface area contributed by atoms with Crippen LogP contribution in [0.15, 0.2) is 16.8 Å². The fourth-order valence-electron chi connectivity index (χ4n) is 1.44. The standard InChI is InChI=1S/C10H19N3/c1-3-4-5-12-9-6-8(2)13-10(11)7-9/h7-8,12H,3-6H2,1-2H3,(H2,11,13). The van der Waals surface area contributed by atoms with Crippen LogP contribution in [0.2, 0.25) is 0 Å². The van der Waals surface area contributed by atoms with Crippen molar-refractivity contribution in [3.63, 3.8) is 0 Å². The monoisotopic (exact) mass is 181 g/mol. The van der Waals surface area contributed by atoms with Gasteiger partial charge in [-0.25, -0.2) is 0 Å². The minimum absolute atomic E-state index is 0.328. The Kier molecular flexibility index (Phi) is 3.80. The Morgan fingerprint density at radius 2 is 2.46 bits per heavy atom. The first-order valence-corrected chi connectivity index (χ1v) is 5.00. The molecular weight excluding hydrogens is 162 g/mol. The number of rotatable bonds is 4. The highest BCUT2D eigenvalue weighted by Gasteiger charge is 2.09. The van der Waals surface area contributed by atoms with E-state index < -0.39 is 0 Å². The Hall–Kier alpha value is -0.990. The fourth-order valence-corrected chi connectivity index (χ4v) is 1.44. The van der Waals surface area contributed by atoms with Gasteiger partial charge in [-0.05, 0) is 19.4 Å².